The van der Waals surface area contributed by atoms with Crippen LogP contribution in [-0.2, 0) is 54.8 Å². The minimum absolute atomic E-state index is 0.193. The molecule has 3 unspecified atom stereocenters. The van der Waals surface area contributed by atoms with Crippen molar-refractivity contribution in [1.29, 1.82) is 0 Å². The van der Waals surface area contributed by atoms with Gasteiger partial charge >= 0.3 is 0 Å². The van der Waals surface area contributed by atoms with Crippen molar-refractivity contribution in [2.75, 3.05) is 13.2 Å². The summed E-state index contributed by atoms with van der Waals surface area (Å²) in [5, 5.41) is 0. The highest BCUT2D eigenvalue weighted by Crippen LogP contribution is 2.38. The highest BCUT2D eigenvalue weighted by molar-refractivity contribution is 5.21. The Kier molecular flexibility index (Phi) is 12.7. The summed E-state index contributed by atoms with van der Waals surface area (Å²) in [5.74, 6) is 4.78. The average molecular weight is 619 g/mol. The molecule has 4 aromatic rings. The molecule has 1 saturated heterocycles. The quantitative estimate of drug-likeness (QED) is 0.0972. The molecule has 1 aliphatic rings. The van der Waals surface area contributed by atoms with E-state index in [0.717, 1.165) is 22.3 Å². The van der Waals surface area contributed by atoms with Gasteiger partial charge in [-0.1, -0.05) is 127 Å². The maximum absolute atomic E-state index is 6.84. The standard InChI is InChI=1S/C40H42O6/c1-3-25-40(45-26-4-2)39(44-30-35-23-15-8-16-24-35)38(43-29-34-21-13-7-14-22-34)37(42-28-33-19-11-6-12-20-33)36(46-40)31-41-27-32-17-9-5-10-18-32/h4-24,36-39H,2,26-31H2,1H3/t36?,37-,38?,39?,40+/m1/s1. The van der Waals surface area contributed by atoms with Crippen LogP contribution >= 0.6 is 0 Å². The Hall–Kier alpha value is -4.06. The lowest BCUT2D eigenvalue weighted by molar-refractivity contribution is -0.358. The van der Waals surface area contributed by atoms with Crippen LogP contribution in [0.4, 0.5) is 0 Å². The summed E-state index contributed by atoms with van der Waals surface area (Å²) in [6.07, 6.45) is -0.933. The number of benzene rings is 4. The van der Waals surface area contributed by atoms with E-state index in [9.17, 15) is 0 Å². The zero-order chi connectivity index (χ0) is 31.9. The Balaban J connectivity index is 1.51. The predicted octanol–water partition coefficient (Wildman–Crippen LogP) is 7.28. The number of hydrogen-bond acceptors (Lipinski definition) is 6. The van der Waals surface area contributed by atoms with Crippen LogP contribution in [0.1, 0.15) is 29.2 Å². The minimum atomic E-state index is -1.48. The highest BCUT2D eigenvalue weighted by atomic mass is 16.7. The molecule has 0 bridgehead atoms. The van der Waals surface area contributed by atoms with Gasteiger partial charge in [0.1, 0.15) is 18.3 Å². The van der Waals surface area contributed by atoms with E-state index < -0.39 is 30.2 Å². The van der Waals surface area contributed by atoms with Gasteiger partial charge < -0.3 is 28.4 Å². The maximum atomic E-state index is 6.84. The summed E-state index contributed by atoms with van der Waals surface area (Å²) in [4.78, 5) is 0. The van der Waals surface area contributed by atoms with Crippen LogP contribution in [-0.4, -0.2) is 43.4 Å². The highest BCUT2D eigenvalue weighted by Gasteiger charge is 2.57. The summed E-state index contributed by atoms with van der Waals surface area (Å²) < 4.78 is 39.7. The Morgan fingerprint density at radius 3 is 1.59 bits per heavy atom. The van der Waals surface area contributed by atoms with Gasteiger partial charge in [-0.25, -0.2) is 0 Å². The van der Waals surface area contributed by atoms with Crippen molar-refractivity contribution in [3.05, 3.63) is 156 Å². The fourth-order valence-electron chi connectivity index (χ4n) is 5.45. The molecule has 1 heterocycles. The van der Waals surface area contributed by atoms with Gasteiger partial charge in [-0.15, -0.1) is 12.5 Å². The monoisotopic (exact) mass is 618 g/mol. The largest absolute Gasteiger partial charge is 0.374 e. The van der Waals surface area contributed by atoms with Crippen molar-refractivity contribution in [2.24, 2.45) is 0 Å². The van der Waals surface area contributed by atoms with Gasteiger partial charge in [0.05, 0.1) is 39.6 Å². The first kappa shape index (κ1) is 33.3. The normalized spacial score (nSPS) is 22.5. The Morgan fingerprint density at radius 1 is 0.652 bits per heavy atom. The van der Waals surface area contributed by atoms with Crippen LogP contribution in [0.5, 0.6) is 0 Å². The number of hydrogen-bond donors (Lipinski definition) is 0. The Labute approximate surface area is 272 Å². The molecule has 0 N–H and O–H groups in total. The summed E-state index contributed by atoms with van der Waals surface area (Å²) in [5.41, 5.74) is 4.11. The SMILES string of the molecule is C=CCO[C@@]1(C#CC)OC(COCc2ccccc2)[C@@H](OCc2ccccc2)C(OCc2ccccc2)C1OCc1ccccc1. The summed E-state index contributed by atoms with van der Waals surface area (Å²) in [7, 11) is 0. The summed E-state index contributed by atoms with van der Waals surface area (Å²) >= 11 is 0. The zero-order valence-corrected chi connectivity index (χ0v) is 26.3. The molecule has 6 nitrogen and oxygen atoms in total. The van der Waals surface area contributed by atoms with E-state index in [1.165, 1.54) is 0 Å². The fraction of sp³-hybridized carbons (Fsp3) is 0.300. The first-order valence-electron chi connectivity index (χ1n) is 15.7. The van der Waals surface area contributed by atoms with Crippen LogP contribution in [0.3, 0.4) is 0 Å². The molecule has 0 spiro atoms. The third-order valence-corrected chi connectivity index (χ3v) is 7.64. The lowest BCUT2D eigenvalue weighted by atomic mass is 9.91. The molecular formula is C40H42O6. The van der Waals surface area contributed by atoms with Crippen LogP contribution in [0.15, 0.2) is 134 Å². The lowest BCUT2D eigenvalue weighted by Gasteiger charge is -2.50. The third-order valence-electron chi connectivity index (χ3n) is 7.64. The van der Waals surface area contributed by atoms with Crippen molar-refractivity contribution in [2.45, 2.75) is 63.6 Å². The maximum Gasteiger partial charge on any atom is 0.264 e. The van der Waals surface area contributed by atoms with Crippen LogP contribution in [0.25, 0.3) is 0 Å². The molecule has 0 radical (unpaired) electrons. The molecule has 5 atom stereocenters. The van der Waals surface area contributed by atoms with Crippen LogP contribution in [0.2, 0.25) is 0 Å². The third kappa shape index (κ3) is 9.24. The van der Waals surface area contributed by atoms with Crippen molar-refractivity contribution in [1.82, 2.24) is 0 Å². The van der Waals surface area contributed by atoms with Gasteiger partial charge in [-0.3, -0.25) is 0 Å². The molecule has 0 amide bonds. The second-order valence-corrected chi connectivity index (χ2v) is 11.0. The summed E-state index contributed by atoms with van der Waals surface area (Å²) in [6.45, 7) is 7.44. The number of ether oxygens (including phenoxy) is 6. The topological polar surface area (TPSA) is 55.4 Å². The first-order valence-corrected chi connectivity index (χ1v) is 15.7. The minimum Gasteiger partial charge on any atom is -0.374 e. The van der Waals surface area contributed by atoms with E-state index in [1.807, 2.05) is 121 Å². The van der Waals surface area contributed by atoms with Gasteiger partial charge in [0.15, 0.2) is 6.10 Å². The molecule has 238 valence electrons. The summed E-state index contributed by atoms with van der Waals surface area (Å²) in [6, 6.07) is 40.1. The molecule has 1 aliphatic heterocycles. The molecular weight excluding hydrogens is 576 g/mol. The van der Waals surface area contributed by atoms with E-state index in [1.54, 1.807) is 13.0 Å². The van der Waals surface area contributed by atoms with Crippen molar-refractivity contribution < 1.29 is 28.4 Å². The van der Waals surface area contributed by atoms with E-state index in [2.05, 4.69) is 18.4 Å². The lowest BCUT2D eigenvalue weighted by Crippen LogP contribution is -2.67. The molecule has 0 aromatic heterocycles. The van der Waals surface area contributed by atoms with Gasteiger partial charge in [0, 0.05) is 0 Å². The van der Waals surface area contributed by atoms with E-state index in [0.29, 0.717) is 26.4 Å². The van der Waals surface area contributed by atoms with E-state index in [4.69, 9.17) is 28.4 Å². The van der Waals surface area contributed by atoms with E-state index in [-0.39, 0.29) is 13.2 Å². The van der Waals surface area contributed by atoms with Crippen molar-refractivity contribution >= 4 is 0 Å². The molecule has 1 fully saturated rings. The second kappa shape index (κ2) is 17.6. The van der Waals surface area contributed by atoms with Crippen LogP contribution in [0, 0.1) is 11.8 Å². The van der Waals surface area contributed by atoms with Crippen molar-refractivity contribution in [3.63, 3.8) is 0 Å². The molecule has 6 heteroatoms. The van der Waals surface area contributed by atoms with Crippen LogP contribution < -0.4 is 0 Å². The Bertz CT molecular complexity index is 1500. The fourth-order valence-corrected chi connectivity index (χ4v) is 5.45. The van der Waals surface area contributed by atoms with Crippen molar-refractivity contribution in [3.8, 4) is 11.8 Å². The second-order valence-electron chi connectivity index (χ2n) is 11.0. The average Bonchev–Trinajstić information content (AvgIpc) is 3.11. The van der Waals surface area contributed by atoms with Gasteiger partial charge in [-0.2, -0.15) is 0 Å². The molecule has 0 aliphatic carbocycles. The molecule has 5 rings (SSSR count). The van der Waals surface area contributed by atoms with Gasteiger partial charge in [0.25, 0.3) is 5.79 Å². The Morgan fingerprint density at radius 2 is 1.11 bits per heavy atom. The first-order chi connectivity index (χ1) is 22.7. The van der Waals surface area contributed by atoms with Gasteiger partial charge in [-0.05, 0) is 35.1 Å². The molecule has 0 saturated carbocycles. The molecule has 46 heavy (non-hydrogen) atoms. The van der Waals surface area contributed by atoms with Gasteiger partial charge in [0.2, 0.25) is 0 Å². The van der Waals surface area contributed by atoms with E-state index >= 15 is 0 Å². The molecule has 4 aromatic carbocycles. The predicted molar refractivity (Wildman–Crippen MR) is 178 cm³/mol. The smallest absolute Gasteiger partial charge is 0.264 e. The number of rotatable bonds is 16. The zero-order valence-electron chi connectivity index (χ0n) is 26.3.